The van der Waals surface area contributed by atoms with Crippen LogP contribution in [-0.4, -0.2) is 45.8 Å². The molecule has 0 aromatic heterocycles. The second-order valence-electron chi connectivity index (χ2n) is 6.68. The van der Waals surface area contributed by atoms with Gasteiger partial charge in [-0.25, -0.2) is 0 Å². The van der Waals surface area contributed by atoms with E-state index in [0.29, 0.717) is 27.9 Å². The molecule has 2 aromatic rings. The van der Waals surface area contributed by atoms with E-state index in [1.807, 2.05) is 24.3 Å². The summed E-state index contributed by atoms with van der Waals surface area (Å²) in [6, 6.07) is 13.5. The minimum atomic E-state index is -0.721. The van der Waals surface area contributed by atoms with Crippen LogP contribution in [0, 0.1) is 0 Å². The van der Waals surface area contributed by atoms with Crippen LogP contribution in [0.25, 0.3) is 6.08 Å². The Bertz CT molecular complexity index is 989. The number of phenolic OH excluding ortho intramolecular Hbond substituents is 1. The summed E-state index contributed by atoms with van der Waals surface area (Å²) in [6.45, 7) is 2.08. The van der Waals surface area contributed by atoms with E-state index in [4.69, 9.17) is 17.0 Å². The number of amides is 2. The molecule has 2 amide bonds. The van der Waals surface area contributed by atoms with Gasteiger partial charge in [-0.2, -0.15) is 0 Å². The van der Waals surface area contributed by atoms with Gasteiger partial charge < -0.3 is 15.2 Å². The molecule has 1 aliphatic rings. The molecule has 1 atom stereocenters. The molecule has 2 aromatic carbocycles. The molecule has 0 spiro atoms. The number of aromatic hydroxyl groups is 1. The number of thioether (sulfide) groups is 1. The van der Waals surface area contributed by atoms with Gasteiger partial charge >= 0.3 is 0 Å². The summed E-state index contributed by atoms with van der Waals surface area (Å²) < 4.78 is 5.68. The fourth-order valence-electron chi connectivity index (χ4n) is 3.00. The average molecular weight is 443 g/mol. The van der Waals surface area contributed by atoms with E-state index in [-0.39, 0.29) is 17.6 Å². The third-order valence-corrected chi connectivity index (χ3v) is 6.00. The van der Waals surface area contributed by atoms with Gasteiger partial charge in [-0.15, -0.1) is 0 Å². The predicted molar refractivity (Wildman–Crippen MR) is 122 cm³/mol. The molecule has 8 heteroatoms. The highest BCUT2D eigenvalue weighted by molar-refractivity contribution is 8.26. The maximum absolute atomic E-state index is 12.9. The maximum atomic E-state index is 12.9. The van der Waals surface area contributed by atoms with Gasteiger partial charge in [0.1, 0.15) is 21.9 Å². The number of methoxy groups -OCH3 is 1. The third-order valence-electron chi connectivity index (χ3n) is 4.67. The zero-order chi connectivity index (χ0) is 21.7. The Morgan fingerprint density at radius 3 is 2.67 bits per heavy atom. The molecule has 6 nitrogen and oxygen atoms in total. The quantitative estimate of drug-likeness (QED) is 0.506. The number of nitrogens with zero attached hydrogens (tertiary/aromatic N) is 1. The van der Waals surface area contributed by atoms with Crippen LogP contribution in [0.15, 0.2) is 53.4 Å². The Balaban J connectivity index is 1.63. The molecule has 3 rings (SSSR count). The summed E-state index contributed by atoms with van der Waals surface area (Å²) >= 11 is 6.53. The van der Waals surface area contributed by atoms with Gasteiger partial charge in [0, 0.05) is 12.1 Å². The van der Waals surface area contributed by atoms with Crippen molar-refractivity contribution in [2.75, 3.05) is 13.7 Å². The average Bonchev–Trinajstić information content (AvgIpc) is 3.02. The van der Waals surface area contributed by atoms with Gasteiger partial charge in [0.2, 0.25) is 5.91 Å². The predicted octanol–water partition coefficient (Wildman–Crippen LogP) is 3.35. The minimum Gasteiger partial charge on any atom is -0.508 e. The molecule has 1 saturated heterocycles. The van der Waals surface area contributed by atoms with Crippen molar-refractivity contribution in [2.45, 2.75) is 19.4 Å². The standard InChI is InChI=1S/C22H22N2O4S2/c1-14(20(26)23-12-11-15-7-9-17(25)10-8-15)24-21(27)19(30-22(24)29)13-16-5-3-4-6-18(16)28-2/h3-10,13-14,25H,11-12H2,1-2H3,(H,23,26)/b19-13-. The number of carbonyl (C=O) groups is 2. The van der Waals surface area contributed by atoms with Crippen LogP contribution in [0.5, 0.6) is 11.5 Å². The number of thiocarbonyl (C=S) groups is 1. The highest BCUT2D eigenvalue weighted by atomic mass is 32.2. The van der Waals surface area contributed by atoms with Crippen LogP contribution < -0.4 is 10.1 Å². The topological polar surface area (TPSA) is 78.9 Å². The van der Waals surface area contributed by atoms with Crippen molar-refractivity contribution in [3.05, 3.63) is 64.6 Å². The van der Waals surface area contributed by atoms with Gasteiger partial charge in [0.25, 0.3) is 5.91 Å². The lowest BCUT2D eigenvalue weighted by molar-refractivity contribution is -0.132. The highest BCUT2D eigenvalue weighted by Gasteiger charge is 2.38. The van der Waals surface area contributed by atoms with Crippen LogP contribution in [0.3, 0.4) is 0 Å². The molecule has 1 unspecified atom stereocenters. The van der Waals surface area contributed by atoms with Crippen LogP contribution in [-0.2, 0) is 16.0 Å². The van der Waals surface area contributed by atoms with E-state index in [2.05, 4.69) is 5.32 Å². The SMILES string of the molecule is COc1ccccc1/C=C1\SC(=S)N(C(C)C(=O)NCCc2ccc(O)cc2)C1=O. The molecule has 0 bridgehead atoms. The van der Waals surface area contributed by atoms with Gasteiger partial charge in [-0.05, 0) is 43.2 Å². The molecule has 1 heterocycles. The Labute approximate surface area is 184 Å². The lowest BCUT2D eigenvalue weighted by Gasteiger charge is -2.22. The molecule has 1 fully saturated rings. The summed E-state index contributed by atoms with van der Waals surface area (Å²) in [5.74, 6) is 0.287. The van der Waals surface area contributed by atoms with Crippen molar-refractivity contribution in [3.8, 4) is 11.5 Å². The monoisotopic (exact) mass is 442 g/mol. The highest BCUT2D eigenvalue weighted by Crippen LogP contribution is 2.35. The fraction of sp³-hybridized carbons (Fsp3) is 0.227. The number of ether oxygens (including phenoxy) is 1. The van der Waals surface area contributed by atoms with Crippen LogP contribution >= 0.6 is 24.0 Å². The minimum absolute atomic E-state index is 0.201. The molecule has 1 aliphatic heterocycles. The first-order valence-corrected chi connectivity index (χ1v) is 10.6. The lowest BCUT2D eigenvalue weighted by atomic mass is 10.1. The second kappa shape index (κ2) is 9.77. The Morgan fingerprint density at radius 1 is 1.27 bits per heavy atom. The smallest absolute Gasteiger partial charge is 0.266 e. The summed E-state index contributed by atoms with van der Waals surface area (Å²) in [5.41, 5.74) is 1.76. The van der Waals surface area contributed by atoms with E-state index in [1.165, 1.54) is 16.7 Å². The number of nitrogens with one attached hydrogen (secondary N) is 1. The summed E-state index contributed by atoms with van der Waals surface area (Å²) in [5, 5.41) is 12.2. The number of phenols is 1. The zero-order valence-electron chi connectivity index (χ0n) is 16.6. The van der Waals surface area contributed by atoms with Gasteiger partial charge in [-0.1, -0.05) is 54.3 Å². The molecular formula is C22H22N2O4S2. The molecule has 30 heavy (non-hydrogen) atoms. The number of hydrogen-bond donors (Lipinski definition) is 2. The van der Waals surface area contributed by atoms with Gasteiger partial charge in [-0.3, -0.25) is 14.5 Å². The molecule has 0 saturated carbocycles. The number of hydrogen-bond acceptors (Lipinski definition) is 6. The van der Waals surface area contributed by atoms with Crippen LogP contribution in [0.2, 0.25) is 0 Å². The van der Waals surface area contributed by atoms with Crippen molar-refractivity contribution in [3.63, 3.8) is 0 Å². The number of rotatable bonds is 7. The summed E-state index contributed by atoms with van der Waals surface area (Å²) in [6.07, 6.45) is 2.35. The van der Waals surface area contributed by atoms with E-state index in [1.54, 1.807) is 44.4 Å². The van der Waals surface area contributed by atoms with Gasteiger partial charge in [0.05, 0.1) is 12.0 Å². The molecule has 2 N–H and O–H groups in total. The normalized spacial score (nSPS) is 16.1. The second-order valence-corrected chi connectivity index (χ2v) is 8.35. The first-order chi connectivity index (χ1) is 14.4. The van der Waals surface area contributed by atoms with Crippen molar-refractivity contribution in [2.24, 2.45) is 0 Å². The molecule has 156 valence electrons. The van der Waals surface area contributed by atoms with E-state index >= 15 is 0 Å². The number of benzene rings is 2. The molecular weight excluding hydrogens is 420 g/mol. The van der Waals surface area contributed by atoms with Crippen molar-refractivity contribution < 1.29 is 19.4 Å². The molecule has 0 aliphatic carbocycles. The van der Waals surface area contributed by atoms with Crippen LogP contribution in [0.1, 0.15) is 18.1 Å². The molecule has 0 radical (unpaired) electrons. The largest absolute Gasteiger partial charge is 0.508 e. The number of carbonyl (C=O) groups excluding carboxylic acids is 2. The van der Waals surface area contributed by atoms with Crippen molar-refractivity contribution >= 4 is 46.2 Å². The first-order valence-electron chi connectivity index (χ1n) is 9.36. The van der Waals surface area contributed by atoms with E-state index in [0.717, 1.165) is 11.1 Å². The Kier molecular flexibility index (Phi) is 7.12. The first kappa shape index (κ1) is 21.9. The van der Waals surface area contributed by atoms with E-state index < -0.39 is 6.04 Å². The zero-order valence-corrected chi connectivity index (χ0v) is 18.3. The van der Waals surface area contributed by atoms with Crippen molar-refractivity contribution in [1.82, 2.24) is 10.2 Å². The lowest BCUT2D eigenvalue weighted by Crippen LogP contribution is -2.47. The maximum Gasteiger partial charge on any atom is 0.266 e. The van der Waals surface area contributed by atoms with Crippen LogP contribution in [0.4, 0.5) is 0 Å². The Hall–Kier alpha value is -2.84. The Morgan fingerprint density at radius 2 is 1.97 bits per heavy atom. The fourth-order valence-corrected chi connectivity index (χ4v) is 4.41. The van der Waals surface area contributed by atoms with E-state index in [9.17, 15) is 14.7 Å². The third kappa shape index (κ3) is 5.01. The van der Waals surface area contributed by atoms with Crippen molar-refractivity contribution in [1.29, 1.82) is 0 Å². The summed E-state index contributed by atoms with van der Waals surface area (Å²) in [7, 11) is 1.57. The van der Waals surface area contributed by atoms with Gasteiger partial charge in [0.15, 0.2) is 0 Å². The number of para-hydroxylation sites is 1. The summed E-state index contributed by atoms with van der Waals surface area (Å²) in [4.78, 5) is 27.3.